The molecule has 1 aromatic heterocycles. The molecule has 0 atom stereocenters. The normalized spacial score (nSPS) is 18.5. The Morgan fingerprint density at radius 3 is 2.04 bits per heavy atom. The quantitative estimate of drug-likeness (QED) is 0.819. The molecular weight excluding hydrogens is 399 g/mol. The number of rotatable bonds is 3. The highest BCUT2D eigenvalue weighted by molar-refractivity contribution is 6.35. The van der Waals surface area contributed by atoms with Crippen molar-refractivity contribution >= 4 is 34.7 Å². The van der Waals surface area contributed by atoms with Crippen LogP contribution < -0.4 is 21.0 Å². The van der Waals surface area contributed by atoms with Crippen molar-refractivity contribution in [3.8, 4) is 0 Å². The number of aromatic nitrogens is 2. The van der Waals surface area contributed by atoms with Gasteiger partial charge < -0.3 is 9.80 Å². The largest absolute Gasteiger partial charge is 0.368 e. The van der Waals surface area contributed by atoms with Gasteiger partial charge in [-0.25, -0.2) is 4.79 Å². The zero-order chi connectivity index (χ0) is 19.7. The van der Waals surface area contributed by atoms with Crippen molar-refractivity contribution in [2.75, 3.05) is 36.0 Å². The Morgan fingerprint density at radius 1 is 0.821 bits per heavy atom. The summed E-state index contributed by atoms with van der Waals surface area (Å²) >= 11 is 12.2. The lowest BCUT2D eigenvalue weighted by Gasteiger charge is -2.37. The number of anilines is 2. The fraction of sp³-hybridized carbons (Fsp3) is 0.500. The van der Waals surface area contributed by atoms with Crippen molar-refractivity contribution in [2.24, 2.45) is 0 Å². The van der Waals surface area contributed by atoms with Gasteiger partial charge in [0, 0.05) is 54.0 Å². The second-order valence-corrected chi connectivity index (χ2v) is 8.43. The fourth-order valence-corrected chi connectivity index (χ4v) is 4.79. The predicted octanol–water partition coefficient (Wildman–Crippen LogP) is 3.68. The first kappa shape index (κ1) is 19.4. The number of nitrogens with zero attached hydrogens (tertiary/aromatic N) is 3. The van der Waals surface area contributed by atoms with E-state index in [9.17, 15) is 9.59 Å². The van der Waals surface area contributed by atoms with Crippen LogP contribution in [-0.2, 0) is 0 Å². The van der Waals surface area contributed by atoms with Gasteiger partial charge in [0.15, 0.2) is 0 Å². The van der Waals surface area contributed by atoms with E-state index < -0.39 is 0 Å². The topological polar surface area (TPSA) is 61.3 Å². The lowest BCUT2D eigenvalue weighted by Crippen LogP contribution is -2.48. The summed E-state index contributed by atoms with van der Waals surface area (Å²) in [6.45, 7) is 2.91. The second-order valence-electron chi connectivity index (χ2n) is 7.56. The third-order valence-electron chi connectivity index (χ3n) is 5.72. The van der Waals surface area contributed by atoms with Gasteiger partial charge in [0.25, 0.3) is 5.56 Å². The maximum absolute atomic E-state index is 12.6. The van der Waals surface area contributed by atoms with Gasteiger partial charge in [0.1, 0.15) is 5.82 Å². The van der Waals surface area contributed by atoms with Crippen LogP contribution in [0.15, 0.2) is 33.9 Å². The van der Waals surface area contributed by atoms with Crippen molar-refractivity contribution in [1.29, 1.82) is 0 Å². The molecule has 0 unspecified atom stereocenters. The van der Waals surface area contributed by atoms with E-state index >= 15 is 0 Å². The summed E-state index contributed by atoms with van der Waals surface area (Å²) in [5, 5.41) is 1.22. The van der Waals surface area contributed by atoms with Gasteiger partial charge in [-0.2, -0.15) is 0 Å². The van der Waals surface area contributed by atoms with Crippen LogP contribution in [0.5, 0.6) is 0 Å². The first-order valence-corrected chi connectivity index (χ1v) is 10.6. The van der Waals surface area contributed by atoms with E-state index in [0.717, 1.165) is 44.5 Å². The minimum atomic E-state index is -0.293. The molecule has 4 rings (SSSR count). The van der Waals surface area contributed by atoms with E-state index in [1.165, 1.54) is 11.0 Å². The van der Waals surface area contributed by atoms with Crippen molar-refractivity contribution in [3.63, 3.8) is 0 Å². The van der Waals surface area contributed by atoms with Gasteiger partial charge in [-0.3, -0.25) is 14.3 Å². The molecule has 2 aromatic rings. The molecule has 1 aromatic carbocycles. The second kappa shape index (κ2) is 8.21. The molecule has 2 heterocycles. The van der Waals surface area contributed by atoms with E-state index in [1.807, 2.05) is 12.1 Å². The van der Waals surface area contributed by atoms with Crippen LogP contribution in [-0.4, -0.2) is 35.7 Å². The molecule has 1 N–H and O–H groups in total. The number of nitrogens with one attached hydrogen (secondary N) is 1. The SMILES string of the molecule is O=c1cc(N2CCN(c3cc(Cl)cc(Cl)c3)CC2)[nH]c(=O)n1C1CCCCC1. The minimum absolute atomic E-state index is 0.0310. The van der Waals surface area contributed by atoms with E-state index in [0.29, 0.717) is 29.0 Å². The molecule has 1 saturated heterocycles. The molecule has 1 saturated carbocycles. The van der Waals surface area contributed by atoms with Gasteiger partial charge >= 0.3 is 5.69 Å². The smallest absolute Gasteiger partial charge is 0.330 e. The van der Waals surface area contributed by atoms with Gasteiger partial charge in [-0.1, -0.05) is 42.5 Å². The number of hydrogen-bond donors (Lipinski definition) is 1. The highest BCUT2D eigenvalue weighted by Crippen LogP contribution is 2.27. The summed E-state index contributed by atoms with van der Waals surface area (Å²) in [4.78, 5) is 32.4. The number of halogens is 2. The highest BCUT2D eigenvalue weighted by Gasteiger charge is 2.22. The number of piperazine rings is 1. The first-order chi connectivity index (χ1) is 13.5. The van der Waals surface area contributed by atoms with E-state index in [2.05, 4.69) is 14.8 Å². The van der Waals surface area contributed by atoms with Crippen LogP contribution >= 0.6 is 23.2 Å². The maximum Gasteiger partial charge on any atom is 0.330 e. The lowest BCUT2D eigenvalue weighted by atomic mass is 9.95. The zero-order valence-corrected chi connectivity index (χ0v) is 17.2. The van der Waals surface area contributed by atoms with Crippen LogP contribution in [0, 0.1) is 0 Å². The number of aromatic amines is 1. The molecule has 8 heteroatoms. The number of benzene rings is 1. The average molecular weight is 423 g/mol. The minimum Gasteiger partial charge on any atom is -0.368 e. The summed E-state index contributed by atoms with van der Waals surface area (Å²) in [6, 6.07) is 7.12. The van der Waals surface area contributed by atoms with Crippen LogP contribution in [0.2, 0.25) is 10.0 Å². The third-order valence-corrected chi connectivity index (χ3v) is 6.16. The summed E-state index contributed by atoms with van der Waals surface area (Å²) in [7, 11) is 0. The van der Waals surface area contributed by atoms with E-state index in [-0.39, 0.29) is 17.3 Å². The monoisotopic (exact) mass is 422 g/mol. The molecule has 0 amide bonds. The van der Waals surface area contributed by atoms with Gasteiger partial charge in [-0.15, -0.1) is 0 Å². The van der Waals surface area contributed by atoms with E-state index in [4.69, 9.17) is 23.2 Å². The van der Waals surface area contributed by atoms with Crippen LogP contribution in [0.1, 0.15) is 38.1 Å². The Bertz CT molecular complexity index is 906. The van der Waals surface area contributed by atoms with Crippen molar-refractivity contribution < 1.29 is 0 Å². The molecule has 2 fully saturated rings. The standard InChI is InChI=1S/C20H24Cl2N4O2/c21-14-10-15(22)12-17(11-14)24-6-8-25(9-7-24)18-13-19(27)26(20(28)23-18)16-4-2-1-3-5-16/h10-13,16H,1-9H2,(H,23,28). The summed E-state index contributed by atoms with van der Waals surface area (Å²) < 4.78 is 1.41. The van der Waals surface area contributed by atoms with Gasteiger partial charge in [-0.05, 0) is 31.0 Å². The number of H-pyrrole nitrogens is 1. The Morgan fingerprint density at radius 2 is 1.43 bits per heavy atom. The molecule has 0 radical (unpaired) electrons. The summed E-state index contributed by atoms with van der Waals surface area (Å²) in [6.07, 6.45) is 5.15. The Hall–Kier alpha value is -1.92. The summed E-state index contributed by atoms with van der Waals surface area (Å²) in [5.74, 6) is 0.603. The third kappa shape index (κ3) is 4.08. The zero-order valence-electron chi connectivity index (χ0n) is 15.7. The molecule has 1 aliphatic carbocycles. The Kier molecular flexibility index (Phi) is 5.69. The maximum atomic E-state index is 12.6. The predicted molar refractivity (Wildman–Crippen MR) is 114 cm³/mol. The molecule has 6 nitrogen and oxygen atoms in total. The van der Waals surface area contributed by atoms with Crippen molar-refractivity contribution in [2.45, 2.75) is 38.1 Å². The Balaban J connectivity index is 1.49. The van der Waals surface area contributed by atoms with Crippen molar-refractivity contribution in [3.05, 3.63) is 55.1 Å². The van der Waals surface area contributed by atoms with Crippen LogP contribution in [0.25, 0.3) is 0 Å². The first-order valence-electron chi connectivity index (χ1n) is 9.83. The fourth-order valence-electron chi connectivity index (χ4n) is 4.28. The van der Waals surface area contributed by atoms with Crippen molar-refractivity contribution in [1.82, 2.24) is 9.55 Å². The average Bonchev–Trinajstić information content (AvgIpc) is 2.68. The lowest BCUT2D eigenvalue weighted by molar-refractivity contribution is 0.336. The molecule has 2 aliphatic rings. The van der Waals surface area contributed by atoms with Gasteiger partial charge in [0.05, 0.1) is 0 Å². The van der Waals surface area contributed by atoms with Crippen LogP contribution in [0.4, 0.5) is 11.5 Å². The Labute approximate surface area is 173 Å². The van der Waals surface area contributed by atoms with E-state index in [1.54, 1.807) is 12.1 Å². The summed E-state index contributed by atoms with van der Waals surface area (Å²) in [5.41, 5.74) is 0.492. The highest BCUT2D eigenvalue weighted by atomic mass is 35.5. The molecule has 28 heavy (non-hydrogen) atoms. The number of hydrogen-bond acceptors (Lipinski definition) is 4. The van der Waals surface area contributed by atoms with Crippen LogP contribution in [0.3, 0.4) is 0 Å². The molecule has 1 aliphatic heterocycles. The van der Waals surface area contributed by atoms with Gasteiger partial charge in [0.2, 0.25) is 0 Å². The molecule has 150 valence electrons. The molecule has 0 spiro atoms. The molecular formula is C20H24Cl2N4O2. The molecule has 0 bridgehead atoms.